The van der Waals surface area contributed by atoms with Crippen molar-refractivity contribution in [2.45, 2.75) is 24.8 Å². The second-order valence-electron chi connectivity index (χ2n) is 7.20. The molecular formula is C21H25ClN2O6S. The first kappa shape index (κ1) is 23.2. The van der Waals surface area contributed by atoms with Crippen molar-refractivity contribution in [2.75, 3.05) is 37.9 Å². The van der Waals surface area contributed by atoms with Crippen LogP contribution in [0.3, 0.4) is 0 Å². The third-order valence-electron chi connectivity index (χ3n) is 4.65. The van der Waals surface area contributed by atoms with Crippen molar-refractivity contribution in [3.63, 3.8) is 0 Å². The van der Waals surface area contributed by atoms with Crippen LogP contribution in [0, 0.1) is 0 Å². The van der Waals surface area contributed by atoms with Crippen molar-refractivity contribution < 1.29 is 27.4 Å². The summed E-state index contributed by atoms with van der Waals surface area (Å²) < 4.78 is 42.9. The molecule has 8 nitrogen and oxygen atoms in total. The van der Waals surface area contributed by atoms with Crippen LogP contribution in [-0.2, 0) is 19.6 Å². The van der Waals surface area contributed by atoms with Gasteiger partial charge in [-0.15, -0.1) is 0 Å². The van der Waals surface area contributed by atoms with Crippen molar-refractivity contribution in [3.05, 3.63) is 47.5 Å². The molecular weight excluding hydrogens is 444 g/mol. The Labute approximate surface area is 187 Å². The highest BCUT2D eigenvalue weighted by Gasteiger charge is 2.29. The molecule has 1 aliphatic heterocycles. The molecule has 31 heavy (non-hydrogen) atoms. The molecule has 1 saturated heterocycles. The number of hydrogen-bond donors (Lipinski definition) is 0. The van der Waals surface area contributed by atoms with Gasteiger partial charge in [-0.3, -0.25) is 4.79 Å². The minimum atomic E-state index is -3.59. The standard InChI is InChI=1S/C21H25ClN2O6S/c1-16(2)30-19-3-5-21(6-4-19)31(26,27)24-9-7-23(8-10-24)18-11-17(22)12-20(13-18)29-15-28-14-25/h3-6,11-14,16H,7-10,15H2,1-2H3. The van der Waals surface area contributed by atoms with Gasteiger partial charge in [-0.05, 0) is 50.2 Å². The highest BCUT2D eigenvalue weighted by Crippen LogP contribution is 2.29. The largest absolute Gasteiger partial charge is 0.491 e. The van der Waals surface area contributed by atoms with E-state index in [-0.39, 0.29) is 17.8 Å². The van der Waals surface area contributed by atoms with E-state index in [9.17, 15) is 13.2 Å². The van der Waals surface area contributed by atoms with Crippen LogP contribution in [0.15, 0.2) is 47.4 Å². The summed E-state index contributed by atoms with van der Waals surface area (Å²) >= 11 is 6.17. The quantitative estimate of drug-likeness (QED) is 0.317. The van der Waals surface area contributed by atoms with E-state index in [1.165, 1.54) is 4.31 Å². The number of rotatable bonds is 9. The molecule has 0 unspecified atom stereocenters. The minimum absolute atomic E-state index is 0.0190. The van der Waals surface area contributed by atoms with Crippen LogP contribution in [0.25, 0.3) is 0 Å². The summed E-state index contributed by atoms with van der Waals surface area (Å²) in [6, 6.07) is 11.7. The molecule has 1 aliphatic rings. The first-order valence-corrected chi connectivity index (χ1v) is 11.6. The third kappa shape index (κ3) is 6.03. The number of benzene rings is 2. The highest BCUT2D eigenvalue weighted by atomic mass is 35.5. The van der Waals surface area contributed by atoms with Crippen molar-refractivity contribution in [1.29, 1.82) is 0 Å². The van der Waals surface area contributed by atoms with Crippen LogP contribution in [0.4, 0.5) is 5.69 Å². The number of piperazine rings is 1. The van der Waals surface area contributed by atoms with E-state index < -0.39 is 10.0 Å². The Morgan fingerprint density at radius 1 is 1.03 bits per heavy atom. The molecule has 0 amide bonds. The van der Waals surface area contributed by atoms with Gasteiger partial charge in [0, 0.05) is 43.0 Å². The van der Waals surface area contributed by atoms with Crippen LogP contribution >= 0.6 is 11.6 Å². The number of sulfonamides is 1. The van der Waals surface area contributed by atoms with Crippen molar-refractivity contribution >= 4 is 33.8 Å². The Hall–Kier alpha value is -2.49. The second-order valence-corrected chi connectivity index (χ2v) is 9.57. The van der Waals surface area contributed by atoms with E-state index in [0.717, 1.165) is 5.69 Å². The van der Waals surface area contributed by atoms with Gasteiger partial charge in [-0.25, -0.2) is 8.42 Å². The molecule has 0 aromatic heterocycles. The molecule has 0 bridgehead atoms. The van der Waals surface area contributed by atoms with Gasteiger partial charge < -0.3 is 19.1 Å². The summed E-state index contributed by atoms with van der Waals surface area (Å²) in [7, 11) is -3.59. The summed E-state index contributed by atoms with van der Waals surface area (Å²) in [5.74, 6) is 1.10. The third-order valence-corrected chi connectivity index (χ3v) is 6.79. The molecule has 2 aromatic carbocycles. The van der Waals surface area contributed by atoms with E-state index in [4.69, 9.17) is 21.1 Å². The van der Waals surface area contributed by atoms with Gasteiger partial charge in [-0.1, -0.05) is 11.6 Å². The number of carbonyl (C=O) groups is 1. The van der Waals surface area contributed by atoms with E-state index in [2.05, 4.69) is 4.74 Å². The SMILES string of the molecule is CC(C)Oc1ccc(S(=O)(=O)N2CCN(c3cc(Cl)cc(OCOC=O)c3)CC2)cc1. The zero-order chi connectivity index (χ0) is 22.4. The molecule has 168 valence electrons. The van der Waals surface area contributed by atoms with Crippen molar-refractivity contribution in [1.82, 2.24) is 4.31 Å². The summed E-state index contributed by atoms with van der Waals surface area (Å²) in [6.45, 7) is 5.59. The van der Waals surface area contributed by atoms with E-state index in [1.807, 2.05) is 18.7 Å². The lowest BCUT2D eigenvalue weighted by Crippen LogP contribution is -2.48. The van der Waals surface area contributed by atoms with Crippen molar-refractivity contribution in [2.24, 2.45) is 0 Å². The smallest absolute Gasteiger partial charge is 0.295 e. The lowest BCUT2D eigenvalue weighted by molar-refractivity contribution is -0.134. The first-order valence-electron chi connectivity index (χ1n) is 9.80. The Kier molecular flexibility index (Phi) is 7.64. The van der Waals surface area contributed by atoms with Crippen LogP contribution in [0.5, 0.6) is 11.5 Å². The number of hydrogen-bond acceptors (Lipinski definition) is 7. The lowest BCUT2D eigenvalue weighted by Gasteiger charge is -2.35. The summed E-state index contributed by atoms with van der Waals surface area (Å²) in [5, 5.41) is 0.470. The number of ether oxygens (including phenoxy) is 3. The summed E-state index contributed by atoms with van der Waals surface area (Å²) in [4.78, 5) is 12.5. The van der Waals surface area contributed by atoms with Gasteiger partial charge in [0.05, 0.1) is 11.0 Å². The fourth-order valence-electron chi connectivity index (χ4n) is 3.24. The van der Waals surface area contributed by atoms with E-state index >= 15 is 0 Å². The van der Waals surface area contributed by atoms with Crippen LogP contribution in [-0.4, -0.2) is 58.3 Å². The predicted molar refractivity (Wildman–Crippen MR) is 117 cm³/mol. The van der Waals surface area contributed by atoms with Gasteiger partial charge >= 0.3 is 0 Å². The molecule has 1 heterocycles. The predicted octanol–water partition coefficient (Wildman–Crippen LogP) is 3.15. The average molecular weight is 469 g/mol. The molecule has 0 saturated carbocycles. The molecule has 3 rings (SSSR count). The number of nitrogens with zero attached hydrogens (tertiary/aromatic N) is 2. The van der Waals surface area contributed by atoms with Gasteiger partial charge in [0.25, 0.3) is 6.47 Å². The van der Waals surface area contributed by atoms with Crippen LogP contribution < -0.4 is 14.4 Å². The number of halogens is 1. The zero-order valence-electron chi connectivity index (χ0n) is 17.4. The maximum atomic E-state index is 13.0. The Morgan fingerprint density at radius 3 is 2.32 bits per heavy atom. The van der Waals surface area contributed by atoms with Crippen molar-refractivity contribution in [3.8, 4) is 11.5 Å². The van der Waals surface area contributed by atoms with Gasteiger partial charge in [0.15, 0.2) is 0 Å². The normalized spacial score (nSPS) is 15.0. The van der Waals surface area contributed by atoms with Gasteiger partial charge in [0.2, 0.25) is 16.8 Å². The average Bonchev–Trinajstić information content (AvgIpc) is 2.74. The number of carbonyl (C=O) groups excluding carboxylic acids is 1. The molecule has 0 spiro atoms. The van der Waals surface area contributed by atoms with Gasteiger partial charge in [-0.2, -0.15) is 4.31 Å². The van der Waals surface area contributed by atoms with E-state index in [0.29, 0.717) is 49.2 Å². The lowest BCUT2D eigenvalue weighted by atomic mass is 10.2. The maximum Gasteiger partial charge on any atom is 0.295 e. The summed E-state index contributed by atoms with van der Waals surface area (Å²) in [5.41, 5.74) is 0.806. The Bertz CT molecular complexity index is 989. The fourth-order valence-corrected chi connectivity index (χ4v) is 4.88. The summed E-state index contributed by atoms with van der Waals surface area (Å²) in [6.07, 6.45) is 0.0190. The molecule has 10 heteroatoms. The monoisotopic (exact) mass is 468 g/mol. The van der Waals surface area contributed by atoms with Crippen LogP contribution in [0.1, 0.15) is 13.8 Å². The maximum absolute atomic E-state index is 13.0. The molecule has 1 fully saturated rings. The zero-order valence-corrected chi connectivity index (χ0v) is 18.9. The molecule has 0 N–H and O–H groups in total. The van der Waals surface area contributed by atoms with Gasteiger partial charge in [0.1, 0.15) is 11.5 Å². The fraction of sp³-hybridized carbons (Fsp3) is 0.381. The minimum Gasteiger partial charge on any atom is -0.491 e. The Morgan fingerprint density at radius 2 is 1.71 bits per heavy atom. The number of anilines is 1. The first-order chi connectivity index (χ1) is 14.8. The second kappa shape index (κ2) is 10.2. The Balaban J connectivity index is 1.65. The van der Waals surface area contributed by atoms with E-state index in [1.54, 1.807) is 42.5 Å². The highest BCUT2D eigenvalue weighted by molar-refractivity contribution is 7.89. The molecule has 0 radical (unpaired) electrons. The molecule has 0 aliphatic carbocycles. The molecule has 0 atom stereocenters. The van der Waals surface area contributed by atoms with Crippen LogP contribution in [0.2, 0.25) is 5.02 Å². The topological polar surface area (TPSA) is 85.4 Å². The molecule has 2 aromatic rings.